The van der Waals surface area contributed by atoms with E-state index in [1.165, 1.54) is 17.0 Å². The van der Waals surface area contributed by atoms with E-state index in [0.717, 1.165) is 5.56 Å². The van der Waals surface area contributed by atoms with Crippen LogP contribution in [0.2, 0.25) is 0 Å². The second-order valence-electron chi connectivity index (χ2n) is 8.13. The molecule has 1 N–H and O–H groups in total. The highest BCUT2D eigenvalue weighted by molar-refractivity contribution is 6.01. The van der Waals surface area contributed by atoms with Gasteiger partial charge >= 0.3 is 6.03 Å². The van der Waals surface area contributed by atoms with E-state index in [0.29, 0.717) is 39.8 Å². The highest BCUT2D eigenvalue weighted by Crippen LogP contribution is 2.40. The van der Waals surface area contributed by atoms with Crippen LogP contribution in [-0.2, 0) is 0 Å². The van der Waals surface area contributed by atoms with Gasteiger partial charge in [0.2, 0.25) is 5.82 Å². The Hall–Kier alpha value is -4.66. The minimum atomic E-state index is -0.538. The fourth-order valence-corrected chi connectivity index (χ4v) is 4.20. The third kappa shape index (κ3) is 4.26. The molecular formula is C27H23FN4O4. The molecule has 9 heteroatoms. The van der Waals surface area contributed by atoms with E-state index in [9.17, 15) is 9.18 Å². The number of hydrogen-bond donors (Lipinski definition) is 1. The zero-order chi connectivity index (χ0) is 25.2. The van der Waals surface area contributed by atoms with Crippen molar-refractivity contribution in [2.75, 3.05) is 19.1 Å². The lowest BCUT2D eigenvalue weighted by molar-refractivity contribution is 0.244. The molecule has 2 heterocycles. The van der Waals surface area contributed by atoms with Crippen molar-refractivity contribution in [1.82, 2.24) is 15.5 Å². The molecule has 0 bridgehead atoms. The molecule has 1 unspecified atom stereocenters. The van der Waals surface area contributed by atoms with Crippen molar-refractivity contribution in [3.05, 3.63) is 95.8 Å². The minimum Gasteiger partial charge on any atom is -0.497 e. The van der Waals surface area contributed by atoms with Gasteiger partial charge in [0, 0.05) is 29.5 Å². The van der Waals surface area contributed by atoms with Gasteiger partial charge in [-0.15, -0.1) is 0 Å². The number of aromatic nitrogens is 2. The van der Waals surface area contributed by atoms with Gasteiger partial charge in [-0.05, 0) is 36.8 Å². The van der Waals surface area contributed by atoms with E-state index < -0.39 is 6.04 Å². The Labute approximate surface area is 207 Å². The molecule has 0 spiro atoms. The Morgan fingerprint density at radius 1 is 0.972 bits per heavy atom. The number of rotatable bonds is 6. The number of anilines is 1. The van der Waals surface area contributed by atoms with E-state index >= 15 is 0 Å². The smallest absolute Gasteiger partial charge is 0.327 e. The lowest BCUT2D eigenvalue weighted by atomic mass is 9.94. The maximum Gasteiger partial charge on any atom is 0.327 e. The van der Waals surface area contributed by atoms with Crippen LogP contribution in [0, 0.1) is 5.82 Å². The van der Waals surface area contributed by atoms with E-state index in [4.69, 9.17) is 14.0 Å². The third-order valence-corrected chi connectivity index (χ3v) is 5.97. The maximum atomic E-state index is 13.4. The molecule has 4 aromatic rings. The number of ether oxygens (including phenoxy) is 2. The second kappa shape index (κ2) is 9.53. The summed E-state index contributed by atoms with van der Waals surface area (Å²) in [6.07, 6.45) is 0. The Balaban J connectivity index is 1.66. The Bertz CT molecular complexity index is 1410. The lowest BCUT2D eigenvalue weighted by Crippen LogP contribution is -2.46. The Morgan fingerprint density at radius 3 is 2.28 bits per heavy atom. The van der Waals surface area contributed by atoms with Gasteiger partial charge < -0.3 is 19.3 Å². The number of allylic oxidation sites excluding steroid dienone is 1. The van der Waals surface area contributed by atoms with Crippen LogP contribution in [0.4, 0.5) is 14.9 Å². The van der Waals surface area contributed by atoms with Crippen molar-refractivity contribution in [1.29, 1.82) is 0 Å². The number of benzene rings is 3. The fourth-order valence-electron chi connectivity index (χ4n) is 4.20. The van der Waals surface area contributed by atoms with Crippen molar-refractivity contribution in [3.8, 4) is 22.9 Å². The lowest BCUT2D eigenvalue weighted by Gasteiger charge is -2.35. The number of halogens is 1. The van der Waals surface area contributed by atoms with Crippen LogP contribution in [0.1, 0.15) is 24.4 Å². The van der Waals surface area contributed by atoms with Crippen molar-refractivity contribution in [3.63, 3.8) is 0 Å². The average molecular weight is 487 g/mol. The summed E-state index contributed by atoms with van der Waals surface area (Å²) < 4.78 is 29.9. The van der Waals surface area contributed by atoms with Crippen LogP contribution in [0.15, 0.2) is 83.0 Å². The number of carbonyl (C=O) groups is 1. The number of nitrogens with one attached hydrogen (secondary N) is 1. The predicted molar refractivity (Wildman–Crippen MR) is 132 cm³/mol. The summed E-state index contributed by atoms with van der Waals surface area (Å²) in [4.78, 5) is 19.5. The van der Waals surface area contributed by atoms with Gasteiger partial charge in [-0.1, -0.05) is 35.5 Å². The molecular weight excluding hydrogens is 463 g/mol. The van der Waals surface area contributed by atoms with Crippen LogP contribution in [0.5, 0.6) is 11.5 Å². The summed E-state index contributed by atoms with van der Waals surface area (Å²) in [5.74, 6) is 1.26. The molecule has 1 aliphatic rings. The average Bonchev–Trinajstić information content (AvgIpc) is 3.38. The van der Waals surface area contributed by atoms with Crippen LogP contribution >= 0.6 is 0 Å². The van der Waals surface area contributed by atoms with Crippen molar-refractivity contribution in [2.24, 2.45) is 0 Å². The highest BCUT2D eigenvalue weighted by Gasteiger charge is 2.36. The number of carbonyl (C=O) groups excluding carboxylic acids is 1. The third-order valence-electron chi connectivity index (χ3n) is 5.97. The van der Waals surface area contributed by atoms with Gasteiger partial charge in [0.05, 0.1) is 31.5 Å². The molecule has 1 aromatic heterocycles. The van der Waals surface area contributed by atoms with Crippen molar-refractivity contribution < 1.29 is 23.2 Å². The summed E-state index contributed by atoms with van der Waals surface area (Å²) in [5.41, 5.74) is 3.23. The van der Waals surface area contributed by atoms with Crippen LogP contribution in [0.3, 0.4) is 0 Å². The molecule has 36 heavy (non-hydrogen) atoms. The summed E-state index contributed by atoms with van der Waals surface area (Å²) in [6, 6.07) is 19.7. The molecule has 0 radical (unpaired) electrons. The number of methoxy groups -OCH3 is 2. The van der Waals surface area contributed by atoms with E-state index in [1.54, 1.807) is 44.6 Å². The monoisotopic (exact) mass is 486 g/mol. The normalized spacial score (nSPS) is 15.6. The zero-order valence-corrected chi connectivity index (χ0v) is 19.9. The summed E-state index contributed by atoms with van der Waals surface area (Å²) in [5, 5.41) is 7.17. The van der Waals surface area contributed by atoms with Crippen molar-refractivity contribution >= 4 is 17.3 Å². The molecule has 0 fully saturated rings. The number of amides is 2. The van der Waals surface area contributed by atoms with Gasteiger partial charge in [-0.25, -0.2) is 9.18 Å². The first-order chi connectivity index (χ1) is 17.5. The topological polar surface area (TPSA) is 89.7 Å². The van der Waals surface area contributed by atoms with Gasteiger partial charge in [0.15, 0.2) is 0 Å². The van der Waals surface area contributed by atoms with E-state index in [-0.39, 0.29) is 17.7 Å². The predicted octanol–water partition coefficient (Wildman–Crippen LogP) is 5.60. The van der Waals surface area contributed by atoms with Crippen LogP contribution in [0.25, 0.3) is 17.0 Å². The molecule has 0 saturated carbocycles. The molecule has 182 valence electrons. The summed E-state index contributed by atoms with van der Waals surface area (Å²) in [7, 11) is 3.09. The Kier molecular flexibility index (Phi) is 6.12. The van der Waals surface area contributed by atoms with Crippen molar-refractivity contribution in [2.45, 2.75) is 13.0 Å². The molecule has 3 aromatic carbocycles. The quantitative estimate of drug-likeness (QED) is 0.382. The fraction of sp³-hybridized carbons (Fsp3) is 0.148. The molecule has 0 saturated heterocycles. The minimum absolute atomic E-state index is 0.237. The van der Waals surface area contributed by atoms with Gasteiger partial charge in [-0.3, -0.25) is 4.90 Å². The Morgan fingerprint density at radius 2 is 1.64 bits per heavy atom. The van der Waals surface area contributed by atoms with Gasteiger partial charge in [-0.2, -0.15) is 4.98 Å². The second-order valence-corrected chi connectivity index (χ2v) is 8.13. The molecule has 1 atom stereocenters. The van der Waals surface area contributed by atoms with Crippen LogP contribution < -0.4 is 19.7 Å². The number of hydrogen-bond acceptors (Lipinski definition) is 6. The number of nitrogens with zero attached hydrogens (tertiary/aromatic N) is 3. The molecule has 8 nitrogen and oxygen atoms in total. The maximum absolute atomic E-state index is 13.4. The first kappa shape index (κ1) is 23.1. The largest absolute Gasteiger partial charge is 0.497 e. The molecule has 1 aliphatic heterocycles. The first-order valence-electron chi connectivity index (χ1n) is 11.2. The highest BCUT2D eigenvalue weighted by atomic mass is 19.1. The van der Waals surface area contributed by atoms with E-state index in [2.05, 4.69) is 15.5 Å². The summed E-state index contributed by atoms with van der Waals surface area (Å²) in [6.45, 7) is 1.82. The van der Waals surface area contributed by atoms with Crippen LogP contribution in [-0.4, -0.2) is 30.4 Å². The zero-order valence-electron chi connectivity index (χ0n) is 19.9. The van der Waals surface area contributed by atoms with Gasteiger partial charge in [0.1, 0.15) is 17.3 Å². The number of urea groups is 1. The van der Waals surface area contributed by atoms with Gasteiger partial charge in [0.25, 0.3) is 5.89 Å². The summed E-state index contributed by atoms with van der Waals surface area (Å²) >= 11 is 0. The molecule has 2 amide bonds. The van der Waals surface area contributed by atoms with E-state index in [1.807, 2.05) is 37.3 Å². The standard InChI is InChI=1S/C27H23FN4O4/c1-16-23(26-30-25(31-36-26)18-9-11-19(28)12-10-18)24(17-7-5-4-6-8-17)29-27(33)32(16)20-13-21(34-2)15-22(14-20)35-3/h4-15,24H,1-3H3,(H,29,33). The SMILES string of the molecule is COc1cc(OC)cc(N2C(=O)NC(c3ccccc3)C(c3nc(-c4ccc(F)cc4)no3)=C2C)c1. The molecule has 0 aliphatic carbocycles. The molecule has 5 rings (SSSR count). The first-order valence-corrected chi connectivity index (χ1v) is 11.2.